The van der Waals surface area contributed by atoms with Crippen LogP contribution in [0.1, 0.15) is 23.1 Å². The van der Waals surface area contributed by atoms with Crippen LogP contribution in [-0.2, 0) is 35.5 Å². The summed E-state index contributed by atoms with van der Waals surface area (Å²) in [6, 6.07) is 12.6. The summed E-state index contributed by atoms with van der Waals surface area (Å²) >= 11 is 0. The van der Waals surface area contributed by atoms with Crippen molar-refractivity contribution in [2.45, 2.75) is 32.4 Å². The minimum absolute atomic E-state index is 0.0989. The van der Waals surface area contributed by atoms with Crippen molar-refractivity contribution in [1.82, 2.24) is 14.7 Å². The highest BCUT2D eigenvalue weighted by atomic mass is 19.1. The van der Waals surface area contributed by atoms with Crippen LogP contribution in [0.4, 0.5) is 8.78 Å². The van der Waals surface area contributed by atoms with Crippen LogP contribution < -0.4 is 4.74 Å². The number of amides is 1. The van der Waals surface area contributed by atoms with Gasteiger partial charge < -0.3 is 14.7 Å². The van der Waals surface area contributed by atoms with Crippen molar-refractivity contribution < 1.29 is 28.2 Å². The van der Waals surface area contributed by atoms with Crippen LogP contribution in [0.15, 0.2) is 54.7 Å². The van der Waals surface area contributed by atoms with Crippen LogP contribution in [0.3, 0.4) is 0 Å². The lowest BCUT2D eigenvalue weighted by Gasteiger charge is -2.31. The lowest BCUT2D eigenvalue weighted by atomic mass is 9.89. The van der Waals surface area contributed by atoms with Gasteiger partial charge in [-0.15, -0.1) is 0 Å². The summed E-state index contributed by atoms with van der Waals surface area (Å²) in [7, 11) is 1.52. The van der Waals surface area contributed by atoms with E-state index >= 15 is 0 Å². The Morgan fingerprint density at radius 3 is 2.68 bits per heavy atom. The molecule has 7 nitrogen and oxygen atoms in total. The number of ether oxygens (including phenoxy) is 1. The number of halogens is 2. The Balaban J connectivity index is 1.40. The monoisotopic (exact) mass is 505 g/mol. The average Bonchev–Trinajstić information content (AvgIpc) is 3.28. The summed E-state index contributed by atoms with van der Waals surface area (Å²) in [5.41, 5.74) is 3.94. The first kappa shape index (κ1) is 24.4. The predicted octanol–water partition coefficient (Wildman–Crippen LogP) is 4.59. The number of nitrogens with zero attached hydrogens (tertiary/aromatic N) is 3. The van der Waals surface area contributed by atoms with Gasteiger partial charge in [0.05, 0.1) is 31.8 Å². The molecule has 0 radical (unpaired) electrons. The molecule has 0 fully saturated rings. The van der Waals surface area contributed by atoms with Crippen LogP contribution in [0.25, 0.3) is 22.0 Å². The van der Waals surface area contributed by atoms with E-state index in [2.05, 4.69) is 5.10 Å². The van der Waals surface area contributed by atoms with Crippen LogP contribution >= 0.6 is 0 Å². The molecule has 0 bridgehead atoms. The normalized spacial score (nSPS) is 13.0. The van der Waals surface area contributed by atoms with Gasteiger partial charge >= 0.3 is 5.97 Å². The van der Waals surface area contributed by atoms with E-state index in [4.69, 9.17) is 4.74 Å². The predicted molar refractivity (Wildman–Crippen MR) is 133 cm³/mol. The molecular formula is C28H25F2N3O4. The molecule has 3 aromatic carbocycles. The maximum Gasteiger partial charge on any atom is 0.307 e. The molecule has 1 aliphatic rings. The zero-order chi connectivity index (χ0) is 26.1. The summed E-state index contributed by atoms with van der Waals surface area (Å²) in [6.07, 6.45) is 1.97. The maximum atomic E-state index is 14.8. The number of carbonyl (C=O) groups is 2. The second-order valence-electron chi connectivity index (χ2n) is 9.04. The van der Waals surface area contributed by atoms with Gasteiger partial charge in [-0.1, -0.05) is 12.1 Å². The van der Waals surface area contributed by atoms with Gasteiger partial charge in [0, 0.05) is 30.5 Å². The highest BCUT2D eigenvalue weighted by molar-refractivity contribution is 5.81. The van der Waals surface area contributed by atoms with Gasteiger partial charge in [-0.3, -0.25) is 14.3 Å². The van der Waals surface area contributed by atoms with Crippen molar-refractivity contribution in [2.24, 2.45) is 0 Å². The van der Waals surface area contributed by atoms with E-state index < -0.39 is 5.97 Å². The number of rotatable bonds is 7. The third kappa shape index (κ3) is 4.89. The number of aromatic nitrogens is 2. The molecule has 0 spiro atoms. The first-order valence-corrected chi connectivity index (χ1v) is 11.9. The van der Waals surface area contributed by atoms with Gasteiger partial charge in [0.1, 0.15) is 17.4 Å². The van der Waals surface area contributed by atoms with E-state index in [1.807, 2.05) is 0 Å². The molecule has 190 valence electrons. The van der Waals surface area contributed by atoms with Crippen LogP contribution in [0, 0.1) is 11.6 Å². The Bertz CT molecular complexity index is 1520. The zero-order valence-corrected chi connectivity index (χ0v) is 20.2. The van der Waals surface area contributed by atoms with Crippen molar-refractivity contribution in [2.75, 3.05) is 13.7 Å². The van der Waals surface area contributed by atoms with Crippen LogP contribution in [0.2, 0.25) is 0 Å². The Hall–Kier alpha value is -4.27. The number of aryl methyl sites for hydroxylation is 1. The fourth-order valence-electron chi connectivity index (χ4n) is 4.94. The lowest BCUT2D eigenvalue weighted by Crippen LogP contribution is -2.37. The molecule has 1 N–H and O–H groups in total. The molecule has 9 heteroatoms. The maximum absolute atomic E-state index is 14.8. The third-order valence-electron chi connectivity index (χ3n) is 6.76. The van der Waals surface area contributed by atoms with Gasteiger partial charge in [-0.05, 0) is 65.1 Å². The molecule has 0 atom stereocenters. The highest BCUT2D eigenvalue weighted by Gasteiger charge is 2.26. The van der Waals surface area contributed by atoms with E-state index in [0.717, 1.165) is 5.52 Å². The summed E-state index contributed by atoms with van der Waals surface area (Å²) < 4.78 is 35.5. The fourth-order valence-corrected chi connectivity index (χ4v) is 4.94. The highest BCUT2D eigenvalue weighted by Crippen LogP contribution is 2.38. The van der Waals surface area contributed by atoms with Crippen molar-refractivity contribution in [3.8, 4) is 16.9 Å². The molecule has 0 saturated carbocycles. The Kier molecular flexibility index (Phi) is 6.60. The van der Waals surface area contributed by atoms with Crippen molar-refractivity contribution in [1.29, 1.82) is 0 Å². The topological polar surface area (TPSA) is 84.7 Å². The minimum atomic E-state index is -0.955. The molecule has 1 amide bonds. The van der Waals surface area contributed by atoms with E-state index in [1.165, 1.54) is 25.3 Å². The summed E-state index contributed by atoms with van der Waals surface area (Å²) in [5.74, 6) is -1.19. The SMILES string of the molecule is COc1ccc(CC(=O)O)cc1-c1ccc(F)c2c1CN(C(=O)CCn1ncc3cc(F)ccc31)CC2. The van der Waals surface area contributed by atoms with Crippen molar-refractivity contribution >= 4 is 22.8 Å². The van der Waals surface area contributed by atoms with E-state index in [1.54, 1.807) is 46.1 Å². The third-order valence-corrected chi connectivity index (χ3v) is 6.76. The number of aliphatic carboxylic acids is 1. The summed E-state index contributed by atoms with van der Waals surface area (Å²) in [5, 5.41) is 14.2. The van der Waals surface area contributed by atoms with Crippen molar-refractivity contribution in [3.63, 3.8) is 0 Å². The average molecular weight is 506 g/mol. The molecule has 1 aromatic heterocycles. The van der Waals surface area contributed by atoms with Gasteiger partial charge in [-0.25, -0.2) is 8.78 Å². The summed E-state index contributed by atoms with van der Waals surface area (Å²) in [4.78, 5) is 26.1. The Labute approximate surface area is 211 Å². The molecule has 0 unspecified atom stereocenters. The number of carbonyl (C=O) groups excluding carboxylic acids is 1. The van der Waals surface area contributed by atoms with Crippen LogP contribution in [0.5, 0.6) is 5.75 Å². The first-order valence-electron chi connectivity index (χ1n) is 11.9. The van der Waals surface area contributed by atoms with Crippen molar-refractivity contribution in [3.05, 3.63) is 83.1 Å². The number of hydrogen-bond acceptors (Lipinski definition) is 4. The second kappa shape index (κ2) is 10.0. The number of hydrogen-bond donors (Lipinski definition) is 1. The van der Waals surface area contributed by atoms with E-state index in [-0.39, 0.29) is 36.9 Å². The molecule has 37 heavy (non-hydrogen) atoms. The standard InChI is InChI=1S/C28H25F2N3O4/c1-37-26-7-2-17(13-28(35)36)12-22(26)20-4-5-24(30)21-8-10-32(16-23(20)21)27(34)9-11-33-25-6-3-19(29)14-18(25)15-31-33/h2-7,12,14-15H,8-11,13,16H2,1H3,(H,35,36). The van der Waals surface area contributed by atoms with Gasteiger partial charge in [-0.2, -0.15) is 5.10 Å². The quantitative estimate of drug-likeness (QED) is 0.397. The van der Waals surface area contributed by atoms with E-state index in [0.29, 0.717) is 58.5 Å². The molecular weight excluding hydrogens is 480 g/mol. The first-order chi connectivity index (χ1) is 17.8. The molecule has 4 aromatic rings. The minimum Gasteiger partial charge on any atom is -0.496 e. The Morgan fingerprint density at radius 1 is 1.05 bits per heavy atom. The van der Waals surface area contributed by atoms with Gasteiger partial charge in [0.15, 0.2) is 0 Å². The van der Waals surface area contributed by atoms with Crippen LogP contribution in [-0.4, -0.2) is 45.3 Å². The molecule has 0 saturated heterocycles. The molecule has 2 heterocycles. The molecule has 5 rings (SSSR count). The van der Waals surface area contributed by atoms with Gasteiger partial charge in [0.2, 0.25) is 5.91 Å². The number of fused-ring (bicyclic) bond motifs is 2. The molecule has 1 aliphatic heterocycles. The zero-order valence-electron chi connectivity index (χ0n) is 20.2. The second-order valence-corrected chi connectivity index (χ2v) is 9.04. The number of carboxylic acid groups (broad SMARTS) is 1. The lowest BCUT2D eigenvalue weighted by molar-refractivity contribution is -0.136. The van der Waals surface area contributed by atoms with E-state index in [9.17, 15) is 23.5 Å². The number of carboxylic acids is 1. The number of benzene rings is 3. The molecule has 0 aliphatic carbocycles. The smallest absolute Gasteiger partial charge is 0.307 e. The Morgan fingerprint density at radius 2 is 1.89 bits per heavy atom. The summed E-state index contributed by atoms with van der Waals surface area (Å²) in [6.45, 7) is 0.935. The fraction of sp³-hybridized carbons (Fsp3) is 0.250. The number of methoxy groups -OCH3 is 1. The largest absolute Gasteiger partial charge is 0.496 e. The van der Waals surface area contributed by atoms with Gasteiger partial charge in [0.25, 0.3) is 0 Å².